The van der Waals surface area contributed by atoms with E-state index < -0.39 is 36.0 Å². The van der Waals surface area contributed by atoms with Gasteiger partial charge in [0.1, 0.15) is 58.9 Å². The first-order valence-electron chi connectivity index (χ1n) is 49.9. The number of nitrogens with two attached hydrogens (primary N) is 1. The topological polar surface area (TPSA) is 456 Å². The zero-order valence-corrected chi connectivity index (χ0v) is 82.0. The number of rotatable bonds is 36. The molecular weight excluding hydrogens is 1860 g/mol. The lowest BCUT2D eigenvalue weighted by Crippen LogP contribution is -2.58. The maximum Gasteiger partial charge on any atom is 0.255 e. The van der Waals surface area contributed by atoms with Gasteiger partial charge < -0.3 is 86.6 Å². The Morgan fingerprint density at radius 1 is 0.367 bits per heavy atom. The van der Waals surface area contributed by atoms with Crippen molar-refractivity contribution in [2.45, 2.75) is 101 Å². The van der Waals surface area contributed by atoms with Crippen LogP contribution in [-0.4, -0.2) is 294 Å². The number of nitrogens with zero attached hydrogens (tertiary/aromatic N) is 17. The van der Waals surface area contributed by atoms with E-state index in [-0.39, 0.29) is 73.4 Å². The largest absolute Gasteiger partial charge is 0.368 e. The average molecular weight is 1970 g/mol. The fraction of sp³-hybridized carbons (Fsp3) is 0.291. The number of likely N-dealkylation sites (N-methyl/N-ethyl adjacent to an activating group) is 2. The van der Waals surface area contributed by atoms with Crippen LogP contribution in [0, 0.1) is 0 Å². The normalized spacial score (nSPS) is 15.7. The van der Waals surface area contributed by atoms with E-state index in [1.54, 1.807) is 83.7 Å². The van der Waals surface area contributed by atoms with Gasteiger partial charge in [-0.15, -0.1) is 10.2 Å². The van der Waals surface area contributed by atoms with Gasteiger partial charge in [0.25, 0.3) is 23.6 Å². The summed E-state index contributed by atoms with van der Waals surface area (Å²) in [6.45, 7) is 4.90. The molecule has 10 aromatic carbocycles. The Morgan fingerprint density at radius 3 is 1.08 bits per heavy atom. The number of fused-ring (bicyclic) bond motifs is 4. The summed E-state index contributed by atoms with van der Waals surface area (Å²) in [4.78, 5) is 183. The van der Waals surface area contributed by atoms with Crippen molar-refractivity contribution in [1.82, 2.24) is 120 Å². The molecule has 6 aromatic heterocycles. The van der Waals surface area contributed by atoms with Crippen LogP contribution in [0.1, 0.15) is 106 Å². The molecule has 37 heteroatoms. The summed E-state index contributed by atoms with van der Waals surface area (Å²) in [6.07, 6.45) is 8.37. The molecule has 1 unspecified atom stereocenters. The summed E-state index contributed by atoms with van der Waals surface area (Å²) in [7, 11) is 7.86. The molecule has 748 valence electrons. The van der Waals surface area contributed by atoms with Gasteiger partial charge in [0, 0.05) is 139 Å². The standard InChI is InChI=1S/C110H113N27O10/c1-129(2)55-46-113-103(140)71-29-21-67(22-30-71)99-117-83-41-37-75(59-87(83)121-99)77-39-43-85-89(61-77)123-101(119-85)69-25-33-73(34-26-69)105(142)115-81-15-5-13-79(57-81)91-64-132(127-125-91)49-11-45-112-63-98(139)134-51-7-18-94(134)108(145)136-53-9-20-96(136)110(147)137-54-10-19-95(137)109(146)135-52-8-17-93(135)107(144)131(66-97(111)138)48-12-50-133-65-92(126-128-133)80-14-6-16-82(58-80)116-106(143)74-35-27-70(28-36-74)102-120-86-44-40-78(62-90(86)124-102)76-38-42-84-88(60-76)122-100(118-84)68-23-31-72(32-24-68)104(141)114-47-56-130(3)4/h5-6,13-16,21-44,57-62,64-65,93-96,112H,7-12,17-20,45-56,63,66H2,1-4H3,(H2,111,138)(H,113,140)(H,114,141)(H,115,142)(H,116,143)(H,117,121)(H,118,122)(H,119,123)(H,120,124)/t93-,94-,95?,96-/m0/s1. The number of carbonyl (C=O) groups is 10. The van der Waals surface area contributed by atoms with Crippen LogP contribution in [0.25, 0.3) is 134 Å². The van der Waals surface area contributed by atoms with E-state index in [0.29, 0.717) is 190 Å². The minimum absolute atomic E-state index is 0.00338. The highest BCUT2D eigenvalue weighted by atomic mass is 16.2. The van der Waals surface area contributed by atoms with Gasteiger partial charge in [0.05, 0.1) is 69.6 Å². The van der Waals surface area contributed by atoms with Crippen LogP contribution in [0.2, 0.25) is 0 Å². The molecule has 0 saturated carbocycles. The number of aromatic amines is 4. The van der Waals surface area contributed by atoms with Crippen LogP contribution in [0.15, 0.2) is 231 Å². The quantitative estimate of drug-likeness (QED) is 0.0163. The number of amides is 10. The van der Waals surface area contributed by atoms with Gasteiger partial charge in [-0.05, 0) is 243 Å². The van der Waals surface area contributed by atoms with Gasteiger partial charge in [-0.1, -0.05) is 107 Å². The highest BCUT2D eigenvalue weighted by Gasteiger charge is 2.48. The Balaban J connectivity index is 0.387. The number of aromatic nitrogens is 14. The minimum Gasteiger partial charge on any atom is -0.368 e. The Kier molecular flexibility index (Phi) is 28.6. The molecule has 10 heterocycles. The maximum absolute atomic E-state index is 14.8. The smallest absolute Gasteiger partial charge is 0.255 e. The van der Waals surface area contributed by atoms with Crippen molar-refractivity contribution in [3.8, 4) is 90.3 Å². The molecule has 20 rings (SSSR count). The maximum atomic E-state index is 14.8. The summed E-state index contributed by atoms with van der Waals surface area (Å²) in [5.74, 6) is -0.497. The fourth-order valence-corrected chi connectivity index (χ4v) is 19.9. The molecule has 4 saturated heterocycles. The number of hydrogen-bond donors (Lipinski definition) is 10. The third-order valence-corrected chi connectivity index (χ3v) is 27.7. The second-order valence-electron chi connectivity index (χ2n) is 38.4. The Labute approximate surface area is 845 Å². The van der Waals surface area contributed by atoms with Gasteiger partial charge in [-0.3, -0.25) is 57.3 Å². The van der Waals surface area contributed by atoms with E-state index in [1.165, 1.54) is 4.90 Å². The van der Waals surface area contributed by atoms with Crippen LogP contribution in [0.4, 0.5) is 11.4 Å². The Bertz CT molecular complexity index is 7650. The van der Waals surface area contributed by atoms with Gasteiger partial charge >= 0.3 is 0 Å². The lowest BCUT2D eigenvalue weighted by atomic mass is 10.0. The van der Waals surface area contributed by atoms with Gasteiger partial charge in [-0.25, -0.2) is 19.9 Å². The number of nitrogens with one attached hydrogen (secondary N) is 9. The third-order valence-electron chi connectivity index (χ3n) is 27.7. The highest BCUT2D eigenvalue weighted by Crippen LogP contribution is 2.37. The summed E-state index contributed by atoms with van der Waals surface area (Å²) >= 11 is 0. The molecule has 0 aliphatic carbocycles. The lowest BCUT2D eigenvalue weighted by Gasteiger charge is -2.36. The van der Waals surface area contributed by atoms with E-state index >= 15 is 0 Å². The molecule has 10 amide bonds. The molecule has 0 radical (unpaired) electrons. The molecule has 4 fully saturated rings. The van der Waals surface area contributed by atoms with Crippen molar-refractivity contribution >= 4 is 115 Å². The Hall–Kier alpha value is -17.1. The zero-order valence-electron chi connectivity index (χ0n) is 82.0. The number of imidazole rings is 4. The van der Waals surface area contributed by atoms with Crippen LogP contribution < -0.4 is 32.3 Å². The molecule has 4 aliphatic heterocycles. The van der Waals surface area contributed by atoms with E-state index in [2.05, 4.69) is 91.4 Å². The van der Waals surface area contributed by atoms with E-state index in [4.69, 9.17) is 25.7 Å². The molecular formula is C110H113N27O10. The predicted molar refractivity (Wildman–Crippen MR) is 560 cm³/mol. The fourth-order valence-electron chi connectivity index (χ4n) is 19.9. The molecule has 11 N–H and O–H groups in total. The summed E-state index contributed by atoms with van der Waals surface area (Å²) in [6, 6.07) is 64.9. The molecule has 0 spiro atoms. The number of anilines is 2. The Morgan fingerprint density at radius 2 is 0.707 bits per heavy atom. The van der Waals surface area contributed by atoms with E-state index in [9.17, 15) is 47.9 Å². The molecule has 4 atom stereocenters. The number of aryl methyl sites for hydroxylation is 2. The van der Waals surface area contributed by atoms with Crippen molar-refractivity contribution in [1.29, 1.82) is 0 Å². The SMILES string of the molecule is CN(C)CCNC(=O)c1ccc(-c2nc3ccc(-c4ccc5nc(-c6ccc(C(=O)Nc7cccc(-c8cn(CCCNCC(=O)N9CCC[C@H]9C(=O)N9CCC[C@H]9C(=O)N9CCCC9C(=O)N9CCC[C@H]9C(=O)N(CCCn9cc(-c%10cccc(NC(=O)c%11ccc(-c%12nc%13ccc(-c%14ccc%15nc(-c%16ccc(C(=O)NCCN(C)C)cc%16)[nH]c%15c%14)cc%13[nH]%12)cc%11)c%10)nn9)CC(N)=O)nn8)c7)cc6)[nH]c5c4)cc3[nH]2)cc1. The number of primary amides is 1. The number of H-pyrrole nitrogens is 4. The zero-order chi connectivity index (χ0) is 101. The second kappa shape index (κ2) is 43.2. The van der Waals surface area contributed by atoms with Crippen LogP contribution >= 0.6 is 0 Å². The second-order valence-corrected chi connectivity index (χ2v) is 38.4. The summed E-state index contributed by atoms with van der Waals surface area (Å²) < 4.78 is 3.35. The van der Waals surface area contributed by atoms with Crippen molar-refractivity contribution in [2.24, 2.45) is 5.73 Å². The predicted octanol–water partition coefficient (Wildman–Crippen LogP) is 12.1. The van der Waals surface area contributed by atoms with Gasteiger partial charge in [0.2, 0.25) is 35.4 Å². The van der Waals surface area contributed by atoms with E-state index in [0.717, 1.165) is 107 Å². The van der Waals surface area contributed by atoms with Crippen molar-refractivity contribution in [3.63, 3.8) is 0 Å². The monoisotopic (exact) mass is 1970 g/mol. The molecule has 4 aliphatic rings. The highest BCUT2D eigenvalue weighted by molar-refractivity contribution is 6.07. The molecule has 0 bridgehead atoms. The van der Waals surface area contributed by atoms with Crippen molar-refractivity contribution in [3.05, 3.63) is 253 Å². The van der Waals surface area contributed by atoms with E-state index in [1.807, 2.05) is 190 Å². The lowest BCUT2D eigenvalue weighted by molar-refractivity contribution is -0.153. The first-order valence-corrected chi connectivity index (χ1v) is 49.9. The van der Waals surface area contributed by atoms with Crippen molar-refractivity contribution in [2.75, 3.05) is 117 Å². The molecule has 16 aromatic rings. The first kappa shape index (κ1) is 97.4. The van der Waals surface area contributed by atoms with Crippen LogP contribution in [0.3, 0.4) is 0 Å². The van der Waals surface area contributed by atoms with Gasteiger partial charge in [-0.2, -0.15) is 0 Å². The summed E-state index contributed by atoms with van der Waals surface area (Å²) in [5, 5.41) is 32.8. The third kappa shape index (κ3) is 22.1. The first-order chi connectivity index (χ1) is 71.4. The number of likely N-dealkylation sites (tertiary alicyclic amines) is 4. The molecule has 147 heavy (non-hydrogen) atoms. The number of hydrogen-bond acceptors (Lipinski definition) is 21. The summed E-state index contributed by atoms with van der Waals surface area (Å²) in [5.41, 5.74) is 25.5. The average Bonchev–Trinajstić information content (AvgIpc) is 1.64. The van der Waals surface area contributed by atoms with Crippen molar-refractivity contribution < 1.29 is 47.9 Å². The van der Waals surface area contributed by atoms with Crippen LogP contribution in [0.5, 0.6) is 0 Å². The minimum atomic E-state index is -0.900. The van der Waals surface area contributed by atoms with Gasteiger partial charge in [0.15, 0.2) is 0 Å². The molecule has 37 nitrogen and oxygen atoms in total. The number of benzene rings is 10. The van der Waals surface area contributed by atoms with Crippen LogP contribution in [-0.2, 0) is 41.9 Å². The number of carbonyl (C=O) groups excluding carboxylic acids is 10.